The van der Waals surface area contributed by atoms with Crippen molar-refractivity contribution < 1.29 is 19.8 Å². The van der Waals surface area contributed by atoms with Crippen molar-refractivity contribution >= 4 is 49.7 Å². The van der Waals surface area contributed by atoms with Crippen LogP contribution in [0.5, 0.6) is 0 Å². The van der Waals surface area contributed by atoms with Crippen LogP contribution in [0.25, 0.3) is 0 Å². The number of carbonyl (C=O) groups is 2. The molecule has 33 heavy (non-hydrogen) atoms. The first kappa shape index (κ1) is 34.4. The van der Waals surface area contributed by atoms with Gasteiger partial charge < -0.3 is 15.5 Å². The van der Waals surface area contributed by atoms with Crippen molar-refractivity contribution in [3.8, 4) is 0 Å². The number of carboxylic acid groups (broad SMARTS) is 2. The molecule has 0 atom stereocenters. The van der Waals surface area contributed by atoms with Gasteiger partial charge in [-0.25, -0.2) is 0 Å². The number of unbranched alkanes of at least 4 members (excludes halogenated alkanes) is 16. The zero-order valence-corrected chi connectivity index (χ0v) is 20.1. The predicted molar refractivity (Wildman–Crippen MR) is 142 cm³/mol. The van der Waals surface area contributed by atoms with Crippen LogP contribution in [0.4, 0.5) is 0 Å². The van der Waals surface area contributed by atoms with Crippen molar-refractivity contribution in [2.75, 3.05) is 0 Å². The van der Waals surface area contributed by atoms with Gasteiger partial charge in [-0.1, -0.05) is 108 Å². The normalized spacial score (nSPS) is 11.6. The van der Waals surface area contributed by atoms with E-state index in [-0.39, 0.29) is 37.7 Å². The molecule has 5 nitrogen and oxygen atoms in total. The number of nitrogens with one attached hydrogen (secondary N) is 1. The number of rotatable bonds is 20. The zero-order chi connectivity index (χ0) is 23.5. The van der Waals surface area contributed by atoms with E-state index in [1.165, 1.54) is 83.5 Å². The van der Waals surface area contributed by atoms with E-state index < -0.39 is 11.9 Å². The second-order valence-electron chi connectivity index (χ2n) is 8.57. The third kappa shape index (κ3) is 33.5. The Hall–Kier alpha value is -0.780. The second-order valence-corrected chi connectivity index (χ2v) is 8.57. The summed E-state index contributed by atoms with van der Waals surface area (Å²) in [7, 11) is 0. The molecule has 3 N–H and O–H groups in total. The van der Waals surface area contributed by atoms with Gasteiger partial charge in [-0.15, -0.1) is 0 Å². The number of aliphatic carboxylic acids is 2. The first-order valence-electron chi connectivity index (χ1n) is 12.8. The monoisotopic (exact) mass is 491 g/mol. The fraction of sp³-hybridized carbons (Fsp3) is 0.704. The molecule has 0 amide bonds. The fourth-order valence-corrected chi connectivity index (χ4v) is 3.61. The van der Waals surface area contributed by atoms with Gasteiger partial charge in [0.15, 0.2) is 0 Å². The Morgan fingerprint density at radius 1 is 0.455 bits per heavy atom. The molecule has 0 saturated carbocycles. The molecule has 0 aliphatic carbocycles. The standard InChI is InChI=1S/C21H40O4.C6H7N.Ca.2H/c22-20(23)18-16-14-12-10-8-6-4-2-1-3-5-7-9-11-13-15-17-19-21(24)25;1-2-4-6-7-5-3-1;;;/h1-19H2,(H,22,23)(H,24,25);1-7H;;;. The molecular weight excluding hydrogens is 442 g/mol. The van der Waals surface area contributed by atoms with E-state index in [4.69, 9.17) is 10.2 Å². The molecule has 0 aromatic heterocycles. The van der Waals surface area contributed by atoms with E-state index in [0.717, 1.165) is 25.7 Å². The molecule has 1 aliphatic rings. The molecule has 0 unspecified atom stereocenters. The minimum atomic E-state index is -0.671. The van der Waals surface area contributed by atoms with E-state index in [1.807, 2.05) is 36.7 Å². The molecule has 188 valence electrons. The van der Waals surface area contributed by atoms with Gasteiger partial charge in [0.2, 0.25) is 0 Å². The molecule has 0 radical (unpaired) electrons. The molecule has 1 rings (SSSR count). The molecule has 1 aliphatic heterocycles. The molecule has 0 fully saturated rings. The summed E-state index contributed by atoms with van der Waals surface area (Å²) in [5, 5.41) is 20.0. The van der Waals surface area contributed by atoms with E-state index in [1.54, 1.807) is 0 Å². The van der Waals surface area contributed by atoms with Gasteiger partial charge in [0.05, 0.1) is 0 Å². The molecule has 6 heteroatoms. The molecular formula is C27H49CaNO4. The number of hydrogen-bond acceptors (Lipinski definition) is 3. The molecule has 0 aromatic carbocycles. The van der Waals surface area contributed by atoms with E-state index >= 15 is 0 Å². The first-order chi connectivity index (χ1) is 15.6. The summed E-state index contributed by atoms with van der Waals surface area (Å²) in [5.74, 6) is -1.34. The summed E-state index contributed by atoms with van der Waals surface area (Å²) >= 11 is 0. The van der Waals surface area contributed by atoms with Crippen LogP contribution >= 0.6 is 0 Å². The number of allylic oxidation sites excluding steroid dienone is 4. The van der Waals surface area contributed by atoms with E-state index in [0.29, 0.717) is 12.8 Å². The third-order valence-corrected chi connectivity index (χ3v) is 5.50. The molecule has 1 heterocycles. The van der Waals surface area contributed by atoms with Crippen LogP contribution in [0.1, 0.15) is 122 Å². The Kier molecular flexibility index (Phi) is 30.5. The first-order valence-corrected chi connectivity index (χ1v) is 12.8. The Bertz CT molecular complexity index is 488. The van der Waals surface area contributed by atoms with Crippen molar-refractivity contribution in [3.63, 3.8) is 0 Å². The van der Waals surface area contributed by atoms with Gasteiger partial charge in [-0.2, -0.15) is 0 Å². The molecule has 0 aromatic rings. The van der Waals surface area contributed by atoms with Crippen LogP contribution in [-0.2, 0) is 9.59 Å². The van der Waals surface area contributed by atoms with Crippen LogP contribution in [0.15, 0.2) is 36.7 Å². The zero-order valence-electron chi connectivity index (χ0n) is 20.1. The van der Waals surface area contributed by atoms with Gasteiger partial charge in [0.1, 0.15) is 0 Å². The average Bonchev–Trinajstić information content (AvgIpc) is 3.08. The fourth-order valence-electron chi connectivity index (χ4n) is 3.61. The summed E-state index contributed by atoms with van der Waals surface area (Å²) < 4.78 is 0. The minimum absolute atomic E-state index is 0. The second kappa shape index (κ2) is 29.3. The SMILES string of the molecule is C1=CC=CNC=C1.O=C(O)CCCCCCCCCCCCCCCCCCCC(=O)O.[CaH2]. The molecule has 0 saturated heterocycles. The molecule has 0 bridgehead atoms. The van der Waals surface area contributed by atoms with Gasteiger partial charge in [-0.3, -0.25) is 9.59 Å². The molecule has 0 spiro atoms. The summed E-state index contributed by atoms with van der Waals surface area (Å²) in [6, 6.07) is 0. The van der Waals surface area contributed by atoms with Crippen LogP contribution in [0.2, 0.25) is 0 Å². The van der Waals surface area contributed by atoms with Crippen LogP contribution in [0.3, 0.4) is 0 Å². The summed E-state index contributed by atoms with van der Waals surface area (Å²) in [4.78, 5) is 20.7. The summed E-state index contributed by atoms with van der Waals surface area (Å²) in [5.41, 5.74) is 0. The van der Waals surface area contributed by atoms with Crippen LogP contribution in [0, 0.1) is 0 Å². The Morgan fingerprint density at radius 3 is 0.939 bits per heavy atom. The van der Waals surface area contributed by atoms with E-state index in [9.17, 15) is 9.59 Å². The topological polar surface area (TPSA) is 86.6 Å². The Balaban J connectivity index is 0. The summed E-state index contributed by atoms with van der Waals surface area (Å²) in [6.45, 7) is 0. The van der Waals surface area contributed by atoms with Crippen molar-refractivity contribution in [1.29, 1.82) is 0 Å². The van der Waals surface area contributed by atoms with Crippen LogP contribution in [-0.4, -0.2) is 59.9 Å². The maximum atomic E-state index is 10.4. The summed E-state index contributed by atoms with van der Waals surface area (Å²) in [6.07, 6.45) is 32.9. The van der Waals surface area contributed by atoms with Crippen molar-refractivity contribution in [3.05, 3.63) is 36.7 Å². The average molecular weight is 492 g/mol. The Morgan fingerprint density at radius 2 is 0.697 bits per heavy atom. The number of hydrogen-bond donors (Lipinski definition) is 3. The van der Waals surface area contributed by atoms with Gasteiger partial charge in [0.25, 0.3) is 0 Å². The van der Waals surface area contributed by atoms with Crippen molar-refractivity contribution in [1.82, 2.24) is 5.32 Å². The predicted octanol–water partition coefficient (Wildman–Crippen LogP) is 6.82. The van der Waals surface area contributed by atoms with Gasteiger partial charge in [0, 0.05) is 25.2 Å². The number of carboxylic acids is 2. The van der Waals surface area contributed by atoms with Gasteiger partial charge >= 0.3 is 49.7 Å². The van der Waals surface area contributed by atoms with Crippen molar-refractivity contribution in [2.45, 2.75) is 122 Å². The van der Waals surface area contributed by atoms with Crippen LogP contribution < -0.4 is 5.32 Å². The quantitative estimate of drug-likeness (QED) is 0.128. The maximum absolute atomic E-state index is 10.4. The Labute approximate surface area is 232 Å². The third-order valence-electron chi connectivity index (χ3n) is 5.50. The van der Waals surface area contributed by atoms with Gasteiger partial charge in [-0.05, 0) is 25.0 Å². The van der Waals surface area contributed by atoms with Crippen molar-refractivity contribution in [2.24, 2.45) is 0 Å². The van der Waals surface area contributed by atoms with E-state index in [2.05, 4.69) is 5.32 Å².